The van der Waals surface area contributed by atoms with Crippen molar-refractivity contribution in [2.75, 3.05) is 30.3 Å². The number of carbonyl (C=O) groups excluding carboxylic acids is 1. The molecule has 1 aromatic heterocycles. The van der Waals surface area contributed by atoms with Crippen molar-refractivity contribution in [1.82, 2.24) is 14.9 Å². The second-order valence-electron chi connectivity index (χ2n) is 10.7. The van der Waals surface area contributed by atoms with E-state index in [-0.39, 0.29) is 37.0 Å². The molecule has 43 heavy (non-hydrogen) atoms. The Bertz CT molecular complexity index is 1450. The molecule has 1 amide bonds. The molecule has 5 rings (SSSR count). The van der Waals surface area contributed by atoms with E-state index >= 15 is 0 Å². The number of benzene rings is 2. The first-order chi connectivity index (χ1) is 20.4. The van der Waals surface area contributed by atoms with E-state index in [9.17, 15) is 27.9 Å². The number of hydrogen-bond donors (Lipinski definition) is 2. The summed E-state index contributed by atoms with van der Waals surface area (Å²) in [5, 5.41) is 9.86. The Kier molecular flexibility index (Phi) is 8.67. The lowest BCUT2D eigenvalue weighted by Gasteiger charge is -2.39. The summed E-state index contributed by atoms with van der Waals surface area (Å²) in [5.74, 6) is -1.39. The molecule has 2 fully saturated rings. The van der Waals surface area contributed by atoms with Gasteiger partial charge in [0.15, 0.2) is 0 Å². The number of nitrogen functional groups attached to an aromatic ring is 1. The van der Waals surface area contributed by atoms with Crippen molar-refractivity contribution in [3.63, 3.8) is 0 Å². The van der Waals surface area contributed by atoms with Crippen molar-refractivity contribution < 1.29 is 37.3 Å². The average molecular weight is 664 g/mol. The molecule has 14 heteroatoms. The molecule has 0 radical (unpaired) electrons. The van der Waals surface area contributed by atoms with Crippen LogP contribution >= 0.6 is 15.9 Å². The predicted molar refractivity (Wildman–Crippen MR) is 153 cm³/mol. The first-order valence-electron chi connectivity index (χ1n) is 13.5. The number of ether oxygens (including phenoxy) is 2. The normalized spacial score (nSPS) is 18.8. The number of carboxylic acids is 1. The zero-order chi connectivity index (χ0) is 30.8. The van der Waals surface area contributed by atoms with Gasteiger partial charge in [0.25, 0.3) is 0 Å². The highest BCUT2D eigenvalue weighted by Crippen LogP contribution is 2.45. The third-order valence-electron chi connectivity index (χ3n) is 7.80. The molecule has 2 atom stereocenters. The monoisotopic (exact) mass is 663 g/mol. The van der Waals surface area contributed by atoms with E-state index in [0.717, 1.165) is 5.56 Å². The zero-order valence-corrected chi connectivity index (χ0v) is 24.4. The van der Waals surface area contributed by atoms with Crippen molar-refractivity contribution >= 4 is 39.8 Å². The Labute approximate surface area is 253 Å². The molecule has 3 N–H and O–H groups in total. The molecular formula is C29H29BrF3N5O5. The molecule has 2 saturated heterocycles. The minimum absolute atomic E-state index is 0.0276. The van der Waals surface area contributed by atoms with Gasteiger partial charge in [0.1, 0.15) is 18.5 Å². The number of amides is 1. The van der Waals surface area contributed by atoms with Crippen LogP contribution in [0, 0.1) is 5.41 Å². The van der Waals surface area contributed by atoms with Crippen LogP contribution in [-0.4, -0.2) is 63.9 Å². The lowest BCUT2D eigenvalue weighted by Crippen LogP contribution is -2.43. The number of halogens is 4. The van der Waals surface area contributed by atoms with Crippen LogP contribution in [0.15, 0.2) is 65.1 Å². The van der Waals surface area contributed by atoms with Crippen LogP contribution in [0.2, 0.25) is 0 Å². The summed E-state index contributed by atoms with van der Waals surface area (Å²) >= 11 is 3.21. The Balaban J connectivity index is 1.26. The van der Waals surface area contributed by atoms with Crippen LogP contribution in [0.4, 0.5) is 29.7 Å². The molecule has 1 unspecified atom stereocenters. The van der Waals surface area contributed by atoms with Gasteiger partial charge in [-0.25, -0.2) is 9.59 Å². The Morgan fingerprint density at radius 3 is 2.40 bits per heavy atom. The molecule has 10 nitrogen and oxygen atoms in total. The van der Waals surface area contributed by atoms with Gasteiger partial charge in [-0.15, -0.1) is 0 Å². The number of rotatable bonds is 7. The van der Waals surface area contributed by atoms with Crippen molar-refractivity contribution in [3.05, 3.63) is 76.3 Å². The van der Waals surface area contributed by atoms with E-state index in [4.69, 9.17) is 15.2 Å². The summed E-state index contributed by atoms with van der Waals surface area (Å²) < 4.78 is 53.2. The Morgan fingerprint density at radius 2 is 1.77 bits per heavy atom. The molecule has 228 valence electrons. The van der Waals surface area contributed by atoms with Gasteiger partial charge >= 0.3 is 18.2 Å². The van der Waals surface area contributed by atoms with Gasteiger partial charge in [-0.1, -0.05) is 58.4 Å². The van der Waals surface area contributed by atoms with Crippen LogP contribution in [-0.2, 0) is 16.1 Å². The van der Waals surface area contributed by atoms with E-state index in [1.165, 1.54) is 35.2 Å². The van der Waals surface area contributed by atoms with E-state index < -0.39 is 35.8 Å². The molecular weight excluding hydrogens is 635 g/mol. The third kappa shape index (κ3) is 7.12. The van der Waals surface area contributed by atoms with Crippen molar-refractivity contribution in [1.29, 1.82) is 0 Å². The number of nitrogens with zero attached hydrogens (tertiary/aromatic N) is 4. The largest absolute Gasteiger partial charge is 0.480 e. The van der Waals surface area contributed by atoms with Crippen molar-refractivity contribution in [3.8, 4) is 5.88 Å². The maximum absolute atomic E-state index is 13.9. The van der Waals surface area contributed by atoms with Crippen LogP contribution in [0.3, 0.4) is 0 Å². The van der Waals surface area contributed by atoms with Crippen molar-refractivity contribution in [2.24, 2.45) is 5.41 Å². The fourth-order valence-corrected chi connectivity index (χ4v) is 5.84. The van der Waals surface area contributed by atoms with Gasteiger partial charge in [-0.05, 0) is 42.4 Å². The van der Waals surface area contributed by atoms with E-state index in [2.05, 4.69) is 25.9 Å². The van der Waals surface area contributed by atoms with Crippen LogP contribution in [0.5, 0.6) is 5.88 Å². The number of nitrogens with two attached hydrogens (primary N) is 1. The van der Waals surface area contributed by atoms with Gasteiger partial charge in [0, 0.05) is 35.7 Å². The van der Waals surface area contributed by atoms with Gasteiger partial charge in [-0.2, -0.15) is 23.1 Å². The molecule has 2 aliphatic rings. The molecule has 0 saturated carbocycles. The number of aromatic nitrogens is 2. The second-order valence-corrected chi connectivity index (χ2v) is 11.6. The molecule has 2 aliphatic heterocycles. The summed E-state index contributed by atoms with van der Waals surface area (Å²) in [6.45, 7) is 1.06. The third-order valence-corrected chi connectivity index (χ3v) is 8.32. The second kappa shape index (κ2) is 12.3. The maximum Gasteiger partial charge on any atom is 0.429 e. The van der Waals surface area contributed by atoms with Crippen LogP contribution in [0.1, 0.15) is 36.5 Å². The first-order valence-corrected chi connectivity index (χ1v) is 14.3. The summed E-state index contributed by atoms with van der Waals surface area (Å²) in [7, 11) is 0. The number of hydrogen-bond acceptors (Lipinski definition) is 8. The summed E-state index contributed by atoms with van der Waals surface area (Å²) in [6, 6.07) is 15.0. The van der Waals surface area contributed by atoms with Gasteiger partial charge in [-0.3, -0.25) is 4.90 Å². The predicted octanol–water partition coefficient (Wildman–Crippen LogP) is 5.59. The number of carboxylic acid groups (broad SMARTS) is 1. The highest BCUT2D eigenvalue weighted by Gasteiger charge is 2.50. The number of anilines is 2. The van der Waals surface area contributed by atoms with E-state index in [0.29, 0.717) is 36.2 Å². The molecule has 0 bridgehead atoms. The standard InChI is InChI=1S/C29H29BrF3N5O5/c30-20-8-6-19(7-9-20)24(29(31,32)33)43-23-14-22(35-26(34)36-23)37-12-10-28(11-13-37)15-21(25(39)40)38(17-28)27(41)42-16-18-4-2-1-3-5-18/h1-9,14,21,24H,10-13,15-17H2,(H,39,40)(H2,34,35,36)/t21?,24-/m1/s1. The topological polar surface area (TPSA) is 131 Å². The van der Waals surface area contributed by atoms with Gasteiger partial charge < -0.3 is 25.2 Å². The fraction of sp³-hybridized carbons (Fsp3) is 0.379. The average Bonchev–Trinajstić information content (AvgIpc) is 3.35. The fourth-order valence-electron chi connectivity index (χ4n) is 5.58. The number of aliphatic carboxylic acids is 1. The number of alkyl halides is 3. The highest BCUT2D eigenvalue weighted by atomic mass is 79.9. The van der Waals surface area contributed by atoms with Gasteiger partial charge in [0.05, 0.1) is 0 Å². The molecule has 3 heterocycles. The summed E-state index contributed by atoms with van der Waals surface area (Å²) in [5.41, 5.74) is 6.08. The number of likely N-dealkylation sites (tertiary alicyclic amines) is 1. The molecule has 3 aromatic rings. The van der Waals surface area contributed by atoms with E-state index in [1.54, 1.807) is 0 Å². The molecule has 1 spiro atoms. The Hall–Kier alpha value is -4.07. The van der Waals surface area contributed by atoms with Gasteiger partial charge in [0.2, 0.25) is 17.9 Å². The maximum atomic E-state index is 13.9. The molecule has 0 aliphatic carbocycles. The lowest BCUT2D eigenvalue weighted by molar-refractivity contribution is -0.198. The zero-order valence-electron chi connectivity index (χ0n) is 22.8. The van der Waals surface area contributed by atoms with Crippen LogP contribution in [0.25, 0.3) is 0 Å². The smallest absolute Gasteiger partial charge is 0.429 e. The quantitative estimate of drug-likeness (QED) is 0.332. The number of carbonyl (C=O) groups is 2. The lowest BCUT2D eigenvalue weighted by atomic mass is 9.76. The highest BCUT2D eigenvalue weighted by molar-refractivity contribution is 9.10. The van der Waals surface area contributed by atoms with Crippen molar-refractivity contribution in [2.45, 2.75) is 44.2 Å². The molecule has 2 aromatic carbocycles. The minimum Gasteiger partial charge on any atom is -0.480 e. The SMILES string of the molecule is Nc1nc(O[C@H](c2ccc(Br)cc2)C(F)(F)F)cc(N2CCC3(CC2)CC(C(=O)O)N(C(=O)OCc2ccccc2)C3)n1. The summed E-state index contributed by atoms with van der Waals surface area (Å²) in [6.07, 6.45) is -6.38. The minimum atomic E-state index is -4.72. The van der Waals surface area contributed by atoms with Crippen LogP contribution < -0.4 is 15.4 Å². The first kappa shape index (κ1) is 30.4. The number of piperidine rings is 1. The summed E-state index contributed by atoms with van der Waals surface area (Å²) in [4.78, 5) is 36.2. The van der Waals surface area contributed by atoms with E-state index in [1.807, 2.05) is 35.2 Å². The Morgan fingerprint density at radius 1 is 1.09 bits per heavy atom.